The van der Waals surface area contributed by atoms with E-state index in [0.29, 0.717) is 0 Å². The molecular formula is C12H21N. The average molecular weight is 179 g/mol. The Bertz CT molecular complexity index is 234. The first-order valence-electron chi connectivity index (χ1n) is 5.23. The fraction of sp³-hybridized carbons (Fsp3) is 0.667. The maximum Gasteiger partial charge on any atom is 0.0118 e. The van der Waals surface area contributed by atoms with Crippen molar-refractivity contribution in [1.82, 2.24) is 0 Å². The summed E-state index contributed by atoms with van der Waals surface area (Å²) in [5.41, 5.74) is 8.77. The maximum absolute atomic E-state index is 6.02. The van der Waals surface area contributed by atoms with E-state index < -0.39 is 0 Å². The summed E-state index contributed by atoms with van der Waals surface area (Å²) in [7, 11) is 0. The van der Waals surface area contributed by atoms with Crippen LogP contribution in [0.2, 0.25) is 0 Å². The van der Waals surface area contributed by atoms with Gasteiger partial charge in [-0.25, -0.2) is 0 Å². The van der Waals surface area contributed by atoms with Crippen LogP contribution >= 0.6 is 0 Å². The number of nitrogens with two attached hydrogens (primary N) is 1. The summed E-state index contributed by atoms with van der Waals surface area (Å²) in [5.74, 6) is 0. The van der Waals surface area contributed by atoms with E-state index in [4.69, 9.17) is 5.73 Å². The maximum atomic E-state index is 6.02. The van der Waals surface area contributed by atoms with Crippen LogP contribution in [0.25, 0.3) is 0 Å². The van der Waals surface area contributed by atoms with Gasteiger partial charge in [-0.1, -0.05) is 32.9 Å². The molecule has 1 heteroatoms. The van der Waals surface area contributed by atoms with Crippen molar-refractivity contribution in [2.24, 2.45) is 11.1 Å². The molecular weight excluding hydrogens is 158 g/mol. The third-order valence-electron chi connectivity index (χ3n) is 2.84. The molecule has 0 atom stereocenters. The van der Waals surface area contributed by atoms with E-state index in [-0.39, 0.29) is 5.41 Å². The summed E-state index contributed by atoms with van der Waals surface area (Å²) in [6.07, 6.45) is 9.09. The lowest BCUT2D eigenvalue weighted by Crippen LogP contribution is -2.22. The normalized spacial score (nSPS) is 22.7. The van der Waals surface area contributed by atoms with Crippen molar-refractivity contribution in [2.75, 3.05) is 0 Å². The zero-order chi connectivity index (χ0) is 9.90. The number of hydrogen-bond donors (Lipinski definition) is 1. The zero-order valence-electron chi connectivity index (χ0n) is 9.06. The van der Waals surface area contributed by atoms with Gasteiger partial charge < -0.3 is 5.73 Å². The molecule has 13 heavy (non-hydrogen) atoms. The lowest BCUT2D eigenvalue weighted by atomic mass is 9.74. The molecule has 0 unspecified atom stereocenters. The molecule has 1 aliphatic carbocycles. The highest BCUT2D eigenvalue weighted by atomic mass is 14.6. The average Bonchev–Trinajstić information content (AvgIpc) is 2.02. The predicted octanol–water partition coefficient (Wildman–Crippen LogP) is 3.38. The molecule has 2 N–H and O–H groups in total. The van der Waals surface area contributed by atoms with Gasteiger partial charge in [0.15, 0.2) is 0 Å². The Morgan fingerprint density at radius 1 is 1.46 bits per heavy atom. The van der Waals surface area contributed by atoms with Crippen LogP contribution in [0, 0.1) is 5.41 Å². The Kier molecular flexibility index (Phi) is 3.18. The molecule has 0 aromatic heterocycles. The highest BCUT2D eigenvalue weighted by Crippen LogP contribution is 2.39. The van der Waals surface area contributed by atoms with Crippen LogP contribution in [0.4, 0.5) is 0 Å². The molecule has 0 bridgehead atoms. The van der Waals surface area contributed by atoms with Crippen molar-refractivity contribution in [3.8, 4) is 0 Å². The molecule has 0 fully saturated rings. The molecule has 1 nitrogen and oxygen atoms in total. The first-order valence-corrected chi connectivity index (χ1v) is 5.23. The lowest BCUT2D eigenvalue weighted by Gasteiger charge is -2.32. The van der Waals surface area contributed by atoms with Crippen molar-refractivity contribution >= 4 is 0 Å². The molecule has 0 radical (unpaired) electrons. The van der Waals surface area contributed by atoms with Crippen LogP contribution in [-0.4, -0.2) is 0 Å². The minimum absolute atomic E-state index is 0.286. The summed E-state index contributed by atoms with van der Waals surface area (Å²) < 4.78 is 0. The molecule has 0 aliphatic heterocycles. The van der Waals surface area contributed by atoms with Crippen molar-refractivity contribution in [3.63, 3.8) is 0 Å². The van der Waals surface area contributed by atoms with E-state index >= 15 is 0 Å². The highest BCUT2D eigenvalue weighted by Gasteiger charge is 2.26. The van der Waals surface area contributed by atoms with Crippen molar-refractivity contribution in [1.29, 1.82) is 0 Å². The van der Waals surface area contributed by atoms with Gasteiger partial charge >= 0.3 is 0 Å². The molecule has 74 valence electrons. The monoisotopic (exact) mass is 179 g/mol. The Hall–Kier alpha value is -0.720. The smallest absolute Gasteiger partial charge is 0.0118 e. The van der Waals surface area contributed by atoms with E-state index in [1.165, 1.54) is 18.4 Å². The van der Waals surface area contributed by atoms with Crippen molar-refractivity contribution < 1.29 is 0 Å². The molecule has 0 saturated carbocycles. The van der Waals surface area contributed by atoms with Crippen LogP contribution in [0.15, 0.2) is 23.4 Å². The quantitative estimate of drug-likeness (QED) is 0.691. The Morgan fingerprint density at radius 2 is 2.15 bits per heavy atom. The molecule has 0 amide bonds. The lowest BCUT2D eigenvalue weighted by molar-refractivity contribution is 0.375. The highest BCUT2D eigenvalue weighted by molar-refractivity contribution is 5.31. The number of hydrogen-bond acceptors (Lipinski definition) is 1. The SMILES string of the molecule is CC/C=C/C1=C(N)CCCC1(C)C. The summed E-state index contributed by atoms with van der Waals surface area (Å²) in [6, 6.07) is 0. The van der Waals surface area contributed by atoms with E-state index in [1.807, 2.05) is 0 Å². The number of rotatable bonds is 2. The molecule has 0 spiro atoms. The van der Waals surface area contributed by atoms with Crippen molar-refractivity contribution in [3.05, 3.63) is 23.4 Å². The molecule has 1 rings (SSSR count). The van der Waals surface area contributed by atoms with Crippen LogP contribution < -0.4 is 5.73 Å². The van der Waals surface area contributed by atoms with E-state index in [1.54, 1.807) is 0 Å². The molecule has 0 saturated heterocycles. The minimum atomic E-state index is 0.286. The third-order valence-corrected chi connectivity index (χ3v) is 2.84. The van der Waals surface area contributed by atoms with Gasteiger partial charge in [-0.3, -0.25) is 0 Å². The van der Waals surface area contributed by atoms with Gasteiger partial charge in [0.25, 0.3) is 0 Å². The van der Waals surface area contributed by atoms with Gasteiger partial charge in [-0.15, -0.1) is 0 Å². The van der Waals surface area contributed by atoms with E-state index in [2.05, 4.69) is 32.9 Å². The van der Waals surface area contributed by atoms with Crippen molar-refractivity contribution in [2.45, 2.75) is 46.5 Å². The Morgan fingerprint density at radius 3 is 2.69 bits per heavy atom. The minimum Gasteiger partial charge on any atom is -0.402 e. The Balaban J connectivity index is 2.91. The number of allylic oxidation sites excluding steroid dienone is 4. The van der Waals surface area contributed by atoms with Crippen LogP contribution in [0.3, 0.4) is 0 Å². The van der Waals surface area contributed by atoms with Crippen LogP contribution in [0.1, 0.15) is 46.5 Å². The van der Waals surface area contributed by atoms with E-state index in [0.717, 1.165) is 18.5 Å². The first kappa shape index (κ1) is 10.4. The Labute approximate surface area is 81.7 Å². The second kappa shape index (κ2) is 3.99. The van der Waals surface area contributed by atoms with Gasteiger partial charge in [0, 0.05) is 5.70 Å². The fourth-order valence-corrected chi connectivity index (χ4v) is 1.99. The third kappa shape index (κ3) is 2.36. The van der Waals surface area contributed by atoms with Crippen LogP contribution in [0.5, 0.6) is 0 Å². The first-order chi connectivity index (χ1) is 6.08. The summed E-state index contributed by atoms with van der Waals surface area (Å²) in [4.78, 5) is 0. The molecule has 1 aliphatic rings. The second-order valence-corrected chi connectivity index (χ2v) is 4.49. The molecule has 0 heterocycles. The summed E-state index contributed by atoms with van der Waals surface area (Å²) >= 11 is 0. The standard InChI is InChI=1S/C12H21N/c1-4-5-7-10-11(13)8-6-9-12(10,2)3/h5,7H,4,6,8-9,13H2,1-3H3/b7-5+. The summed E-state index contributed by atoms with van der Waals surface area (Å²) in [6.45, 7) is 6.73. The van der Waals surface area contributed by atoms with Crippen LogP contribution in [-0.2, 0) is 0 Å². The second-order valence-electron chi connectivity index (χ2n) is 4.49. The topological polar surface area (TPSA) is 26.0 Å². The fourth-order valence-electron chi connectivity index (χ4n) is 1.99. The molecule has 0 aromatic carbocycles. The molecule has 0 aromatic rings. The summed E-state index contributed by atoms with van der Waals surface area (Å²) in [5, 5.41) is 0. The van der Waals surface area contributed by atoms with Gasteiger partial charge in [0.1, 0.15) is 0 Å². The zero-order valence-corrected chi connectivity index (χ0v) is 9.06. The van der Waals surface area contributed by atoms with E-state index in [9.17, 15) is 0 Å². The predicted molar refractivity (Wildman–Crippen MR) is 58.3 cm³/mol. The van der Waals surface area contributed by atoms with Gasteiger partial charge in [-0.05, 0) is 36.7 Å². The van der Waals surface area contributed by atoms with Gasteiger partial charge in [0.2, 0.25) is 0 Å². The van der Waals surface area contributed by atoms with Gasteiger partial charge in [-0.2, -0.15) is 0 Å². The van der Waals surface area contributed by atoms with Gasteiger partial charge in [0.05, 0.1) is 0 Å². The largest absolute Gasteiger partial charge is 0.402 e.